The maximum Gasteiger partial charge on any atom is 0.307 e. The Morgan fingerprint density at radius 3 is 2.15 bits per heavy atom. The van der Waals surface area contributed by atoms with Crippen LogP contribution in [0, 0.1) is 11.3 Å². The highest BCUT2D eigenvalue weighted by Crippen LogP contribution is 2.59. The minimum atomic E-state index is -0.697. The van der Waals surface area contributed by atoms with Crippen LogP contribution in [0.2, 0.25) is 0 Å². The largest absolute Gasteiger partial charge is 0.493 e. The van der Waals surface area contributed by atoms with Crippen LogP contribution < -0.4 is 14.2 Å². The number of likely N-dealkylation sites (tertiary alicyclic amines) is 1. The van der Waals surface area contributed by atoms with Gasteiger partial charge in [0.15, 0.2) is 11.5 Å². The third-order valence-corrected chi connectivity index (χ3v) is 5.95. The monoisotopic (exact) mass is 377 g/mol. The van der Waals surface area contributed by atoms with E-state index in [4.69, 9.17) is 19.3 Å². The molecule has 0 aromatic heterocycles. The van der Waals surface area contributed by atoms with Gasteiger partial charge in [0.1, 0.15) is 0 Å². The second kappa shape index (κ2) is 7.66. The van der Waals surface area contributed by atoms with Crippen LogP contribution in [0.4, 0.5) is 0 Å². The summed E-state index contributed by atoms with van der Waals surface area (Å²) in [5.74, 6) is 0.881. The molecule has 148 valence electrons. The molecule has 1 atom stereocenters. The summed E-state index contributed by atoms with van der Waals surface area (Å²) in [5, 5.41) is 9.17. The predicted octanol–water partition coefficient (Wildman–Crippen LogP) is 2.36. The van der Waals surface area contributed by atoms with Crippen molar-refractivity contribution in [2.75, 3.05) is 34.4 Å². The van der Waals surface area contributed by atoms with Gasteiger partial charge in [-0.3, -0.25) is 9.59 Å². The fraction of sp³-hybridized carbons (Fsp3) is 0.600. The van der Waals surface area contributed by atoms with E-state index in [0.717, 1.165) is 24.8 Å². The number of aliphatic carboxylic acids is 1. The lowest BCUT2D eigenvalue weighted by atomic mass is 9.90. The first-order valence-corrected chi connectivity index (χ1v) is 9.23. The summed E-state index contributed by atoms with van der Waals surface area (Å²) in [6.07, 6.45) is 3.32. The second-order valence-corrected chi connectivity index (χ2v) is 7.37. The molecule has 1 aromatic carbocycles. The molecule has 1 aliphatic heterocycles. The highest BCUT2D eigenvalue weighted by molar-refractivity contribution is 5.77. The first-order valence-electron chi connectivity index (χ1n) is 9.23. The number of hydrogen-bond acceptors (Lipinski definition) is 5. The van der Waals surface area contributed by atoms with Crippen molar-refractivity contribution < 1.29 is 28.9 Å². The fourth-order valence-electron chi connectivity index (χ4n) is 4.14. The summed E-state index contributed by atoms with van der Waals surface area (Å²) >= 11 is 0. The number of aryl methyl sites for hydroxylation is 1. The third kappa shape index (κ3) is 3.82. The van der Waals surface area contributed by atoms with E-state index in [0.29, 0.717) is 43.2 Å². The van der Waals surface area contributed by atoms with Crippen molar-refractivity contribution in [1.29, 1.82) is 0 Å². The standard InChI is InChI=1S/C20H27NO6/c1-25-15-10-13(11-16(26-2)18(15)27-3)4-5-17(22)21-8-6-20(7-9-21)12-14(20)19(23)24/h10-11,14H,4-9,12H2,1-3H3,(H,23,24). The van der Waals surface area contributed by atoms with Gasteiger partial charge in [0.25, 0.3) is 0 Å². The zero-order valence-corrected chi connectivity index (χ0v) is 16.1. The molecule has 3 rings (SSSR count). The number of ether oxygens (including phenoxy) is 3. The molecule has 1 N–H and O–H groups in total. The number of carboxylic acid groups (broad SMARTS) is 1. The number of amides is 1. The number of carbonyl (C=O) groups is 2. The molecule has 1 spiro atoms. The van der Waals surface area contributed by atoms with Crippen LogP contribution in [0.1, 0.15) is 31.2 Å². The van der Waals surface area contributed by atoms with E-state index in [2.05, 4.69) is 0 Å². The molecular weight excluding hydrogens is 350 g/mol. The molecule has 2 fully saturated rings. The van der Waals surface area contributed by atoms with Crippen molar-refractivity contribution in [3.05, 3.63) is 17.7 Å². The van der Waals surface area contributed by atoms with Crippen molar-refractivity contribution in [1.82, 2.24) is 4.90 Å². The van der Waals surface area contributed by atoms with Crippen molar-refractivity contribution in [3.8, 4) is 17.2 Å². The van der Waals surface area contributed by atoms with Gasteiger partial charge in [-0.05, 0) is 48.8 Å². The topological polar surface area (TPSA) is 85.3 Å². The van der Waals surface area contributed by atoms with Gasteiger partial charge >= 0.3 is 5.97 Å². The first-order chi connectivity index (χ1) is 12.9. The van der Waals surface area contributed by atoms with E-state index >= 15 is 0 Å². The van der Waals surface area contributed by atoms with Crippen LogP contribution in [-0.4, -0.2) is 56.3 Å². The lowest BCUT2D eigenvalue weighted by Crippen LogP contribution is -2.40. The van der Waals surface area contributed by atoms with Gasteiger partial charge in [-0.1, -0.05) is 0 Å². The van der Waals surface area contributed by atoms with Crippen LogP contribution in [0.25, 0.3) is 0 Å². The Bertz CT molecular complexity index is 698. The molecule has 1 aliphatic carbocycles. The van der Waals surface area contributed by atoms with Crippen molar-refractivity contribution >= 4 is 11.9 Å². The Hall–Kier alpha value is -2.44. The second-order valence-electron chi connectivity index (χ2n) is 7.37. The van der Waals surface area contributed by atoms with Crippen LogP contribution in [0.3, 0.4) is 0 Å². The normalized spacial score (nSPS) is 20.3. The maximum atomic E-state index is 12.6. The highest BCUT2D eigenvalue weighted by atomic mass is 16.5. The summed E-state index contributed by atoms with van der Waals surface area (Å²) < 4.78 is 16.0. The molecule has 1 heterocycles. The number of methoxy groups -OCH3 is 3. The molecule has 1 aromatic rings. The predicted molar refractivity (Wildman–Crippen MR) is 98.4 cm³/mol. The Labute approximate surface area is 159 Å². The van der Waals surface area contributed by atoms with E-state index in [-0.39, 0.29) is 17.2 Å². The van der Waals surface area contributed by atoms with Crippen LogP contribution in [-0.2, 0) is 16.0 Å². The van der Waals surface area contributed by atoms with Crippen LogP contribution in [0.5, 0.6) is 17.2 Å². The number of benzene rings is 1. The Morgan fingerprint density at radius 2 is 1.70 bits per heavy atom. The zero-order chi connectivity index (χ0) is 19.6. The van der Waals surface area contributed by atoms with E-state index in [9.17, 15) is 9.59 Å². The van der Waals surface area contributed by atoms with Gasteiger partial charge in [-0.25, -0.2) is 0 Å². The van der Waals surface area contributed by atoms with E-state index in [1.54, 1.807) is 21.3 Å². The minimum absolute atomic E-state index is 0.0562. The van der Waals surface area contributed by atoms with Crippen LogP contribution >= 0.6 is 0 Å². The summed E-state index contributed by atoms with van der Waals surface area (Å²) in [7, 11) is 4.69. The lowest BCUT2D eigenvalue weighted by molar-refractivity contribution is -0.139. The molecule has 7 nitrogen and oxygen atoms in total. The van der Waals surface area contributed by atoms with Gasteiger partial charge in [-0.15, -0.1) is 0 Å². The molecule has 1 saturated heterocycles. The molecule has 7 heteroatoms. The molecule has 2 aliphatic rings. The number of carbonyl (C=O) groups excluding carboxylic acids is 1. The molecule has 0 bridgehead atoms. The van der Waals surface area contributed by atoms with Crippen molar-refractivity contribution in [2.24, 2.45) is 11.3 Å². The summed E-state index contributed by atoms with van der Waals surface area (Å²) in [6, 6.07) is 3.73. The zero-order valence-electron chi connectivity index (χ0n) is 16.1. The van der Waals surface area contributed by atoms with E-state index in [1.807, 2.05) is 17.0 Å². The average molecular weight is 377 g/mol. The van der Waals surface area contributed by atoms with Gasteiger partial charge in [0.2, 0.25) is 11.7 Å². The average Bonchev–Trinajstić information content (AvgIpc) is 3.39. The molecule has 1 saturated carbocycles. The summed E-state index contributed by atoms with van der Waals surface area (Å²) in [6.45, 7) is 1.30. The number of hydrogen-bond donors (Lipinski definition) is 1. The van der Waals surface area contributed by atoms with Gasteiger partial charge in [0, 0.05) is 19.5 Å². The maximum absolute atomic E-state index is 12.6. The van der Waals surface area contributed by atoms with Crippen LogP contribution in [0.15, 0.2) is 12.1 Å². The molecular formula is C20H27NO6. The van der Waals surface area contributed by atoms with Gasteiger partial charge in [-0.2, -0.15) is 0 Å². The fourth-order valence-corrected chi connectivity index (χ4v) is 4.14. The number of carboxylic acids is 1. The number of piperidine rings is 1. The lowest BCUT2D eigenvalue weighted by Gasteiger charge is -2.32. The first kappa shape index (κ1) is 19.3. The SMILES string of the molecule is COc1cc(CCC(=O)N2CCC3(CC2)CC3C(=O)O)cc(OC)c1OC. The molecule has 1 amide bonds. The highest BCUT2D eigenvalue weighted by Gasteiger charge is 2.59. The Kier molecular flexibility index (Phi) is 5.48. The van der Waals surface area contributed by atoms with Gasteiger partial charge in [0.05, 0.1) is 27.2 Å². The quantitative estimate of drug-likeness (QED) is 0.785. The number of nitrogens with zero attached hydrogens (tertiary/aromatic N) is 1. The third-order valence-electron chi connectivity index (χ3n) is 5.95. The smallest absolute Gasteiger partial charge is 0.307 e. The number of rotatable bonds is 7. The van der Waals surface area contributed by atoms with Crippen molar-refractivity contribution in [2.45, 2.75) is 32.1 Å². The Balaban J connectivity index is 1.56. The minimum Gasteiger partial charge on any atom is -0.493 e. The summed E-state index contributed by atoms with van der Waals surface area (Å²) in [4.78, 5) is 25.6. The molecule has 1 unspecified atom stereocenters. The molecule has 0 radical (unpaired) electrons. The van der Waals surface area contributed by atoms with E-state index < -0.39 is 5.97 Å². The van der Waals surface area contributed by atoms with E-state index in [1.165, 1.54) is 0 Å². The molecule has 27 heavy (non-hydrogen) atoms. The van der Waals surface area contributed by atoms with Gasteiger partial charge < -0.3 is 24.2 Å². The van der Waals surface area contributed by atoms with Crippen molar-refractivity contribution in [3.63, 3.8) is 0 Å². The summed E-state index contributed by atoms with van der Waals surface area (Å²) in [5.41, 5.74) is 0.888. The Morgan fingerprint density at radius 1 is 1.11 bits per heavy atom.